The van der Waals surface area contributed by atoms with Crippen molar-refractivity contribution >= 4 is 17.5 Å². The summed E-state index contributed by atoms with van der Waals surface area (Å²) in [5.41, 5.74) is 1.39. The number of anilines is 2. The standard InChI is InChI=1S/C37H36N4O7/c1-45-29-17-13-26(14-18-29)37(25-9-5-3-6-10-25,27-15-19-30(46-2)20-16-27)47-24-32-31(42)23-34(48-32)41-22-21-33(40-36(41)44)39-35(43)38-28-11-7-4-8-12-28/h3-22,31-32,34,42H,23-24H2,1-2H3,(H2,38,39,40,43,44)/t31-,32+,34+/m0/s1. The average molecular weight is 649 g/mol. The molecule has 2 amide bonds. The summed E-state index contributed by atoms with van der Waals surface area (Å²) in [5.74, 6) is 1.48. The Balaban J connectivity index is 1.24. The molecule has 0 bridgehead atoms. The van der Waals surface area contributed by atoms with E-state index in [1.807, 2.05) is 84.9 Å². The third kappa shape index (κ3) is 6.93. The van der Waals surface area contributed by atoms with Crippen molar-refractivity contribution in [3.05, 3.63) is 149 Å². The minimum Gasteiger partial charge on any atom is -0.497 e. The van der Waals surface area contributed by atoms with Gasteiger partial charge in [-0.15, -0.1) is 0 Å². The van der Waals surface area contributed by atoms with E-state index in [1.54, 1.807) is 38.5 Å². The summed E-state index contributed by atoms with van der Waals surface area (Å²) < 4.78 is 25.3. The van der Waals surface area contributed by atoms with Gasteiger partial charge in [0.1, 0.15) is 35.2 Å². The third-order valence-corrected chi connectivity index (χ3v) is 8.26. The number of amides is 2. The Morgan fingerprint density at radius 3 is 1.96 bits per heavy atom. The number of nitrogens with zero attached hydrogens (tertiary/aromatic N) is 2. The monoisotopic (exact) mass is 648 g/mol. The molecule has 1 aliphatic heterocycles. The van der Waals surface area contributed by atoms with E-state index < -0.39 is 35.8 Å². The van der Waals surface area contributed by atoms with Crippen LogP contribution in [0.3, 0.4) is 0 Å². The van der Waals surface area contributed by atoms with E-state index in [1.165, 1.54) is 16.8 Å². The fourth-order valence-corrected chi connectivity index (χ4v) is 5.82. The summed E-state index contributed by atoms with van der Waals surface area (Å²) >= 11 is 0. The zero-order valence-corrected chi connectivity index (χ0v) is 26.5. The highest BCUT2D eigenvalue weighted by molar-refractivity contribution is 5.99. The third-order valence-electron chi connectivity index (χ3n) is 8.26. The predicted molar refractivity (Wildman–Crippen MR) is 180 cm³/mol. The van der Waals surface area contributed by atoms with Crippen molar-refractivity contribution in [1.82, 2.24) is 9.55 Å². The molecule has 3 atom stereocenters. The molecule has 2 heterocycles. The first-order valence-corrected chi connectivity index (χ1v) is 15.4. The van der Waals surface area contributed by atoms with E-state index in [2.05, 4.69) is 15.6 Å². The Morgan fingerprint density at radius 1 is 0.833 bits per heavy atom. The highest BCUT2D eigenvalue weighted by Crippen LogP contribution is 2.42. The van der Waals surface area contributed by atoms with Crippen LogP contribution in [0.15, 0.2) is 126 Å². The van der Waals surface area contributed by atoms with Crippen molar-refractivity contribution in [3.8, 4) is 11.5 Å². The van der Waals surface area contributed by atoms with Crippen LogP contribution in [0.4, 0.5) is 16.3 Å². The number of ether oxygens (including phenoxy) is 4. The summed E-state index contributed by atoms with van der Waals surface area (Å²) in [6, 6.07) is 35.0. The Labute approximate surface area is 277 Å². The molecule has 0 spiro atoms. The zero-order chi connectivity index (χ0) is 33.5. The molecule has 0 aliphatic carbocycles. The Bertz CT molecular complexity index is 1820. The molecule has 1 saturated heterocycles. The van der Waals surface area contributed by atoms with E-state index in [-0.39, 0.29) is 18.8 Å². The number of para-hydroxylation sites is 1. The Kier molecular flexibility index (Phi) is 9.81. The van der Waals surface area contributed by atoms with E-state index in [4.69, 9.17) is 18.9 Å². The normalized spacial score (nSPS) is 17.4. The topological polar surface area (TPSA) is 133 Å². The number of urea groups is 1. The maximum absolute atomic E-state index is 13.0. The first kappa shape index (κ1) is 32.5. The molecule has 0 radical (unpaired) electrons. The molecule has 11 nitrogen and oxygen atoms in total. The molecule has 11 heteroatoms. The second-order valence-electron chi connectivity index (χ2n) is 11.2. The first-order chi connectivity index (χ1) is 23.4. The van der Waals surface area contributed by atoms with Crippen LogP contribution in [-0.2, 0) is 15.1 Å². The van der Waals surface area contributed by atoms with Crippen molar-refractivity contribution < 1.29 is 28.8 Å². The maximum Gasteiger partial charge on any atom is 0.351 e. The number of hydrogen-bond donors (Lipinski definition) is 3. The summed E-state index contributed by atoms with van der Waals surface area (Å²) in [5, 5.41) is 16.4. The average Bonchev–Trinajstić information content (AvgIpc) is 3.49. The van der Waals surface area contributed by atoms with Crippen molar-refractivity contribution in [3.63, 3.8) is 0 Å². The second kappa shape index (κ2) is 14.5. The largest absolute Gasteiger partial charge is 0.497 e. The van der Waals surface area contributed by atoms with E-state index >= 15 is 0 Å². The quantitative estimate of drug-likeness (QED) is 0.159. The van der Waals surface area contributed by atoms with Gasteiger partial charge >= 0.3 is 11.7 Å². The minimum absolute atomic E-state index is 0.00784. The number of benzene rings is 4. The maximum atomic E-state index is 13.0. The smallest absolute Gasteiger partial charge is 0.351 e. The van der Waals surface area contributed by atoms with Gasteiger partial charge in [0.05, 0.1) is 26.9 Å². The van der Waals surface area contributed by atoms with Gasteiger partial charge in [-0.2, -0.15) is 4.98 Å². The van der Waals surface area contributed by atoms with Crippen LogP contribution in [0.25, 0.3) is 0 Å². The lowest BCUT2D eigenvalue weighted by Crippen LogP contribution is -2.38. The number of methoxy groups -OCH3 is 2. The van der Waals surface area contributed by atoms with Crippen LogP contribution < -0.4 is 25.8 Å². The lowest BCUT2D eigenvalue weighted by atomic mass is 9.80. The van der Waals surface area contributed by atoms with Crippen molar-refractivity contribution in [1.29, 1.82) is 0 Å². The number of hydrogen-bond acceptors (Lipinski definition) is 8. The number of aromatic nitrogens is 2. The zero-order valence-electron chi connectivity index (χ0n) is 26.5. The van der Waals surface area contributed by atoms with Gasteiger partial charge in [-0.05, 0) is 59.2 Å². The molecule has 4 aromatic carbocycles. The van der Waals surface area contributed by atoms with Crippen LogP contribution in [0.5, 0.6) is 11.5 Å². The molecule has 246 valence electrons. The number of carbonyl (C=O) groups excluding carboxylic acids is 1. The van der Waals surface area contributed by atoms with E-state index in [9.17, 15) is 14.7 Å². The van der Waals surface area contributed by atoms with Gasteiger partial charge in [0.2, 0.25) is 0 Å². The van der Waals surface area contributed by atoms with Crippen LogP contribution in [0.2, 0.25) is 0 Å². The lowest BCUT2D eigenvalue weighted by molar-refractivity contribution is -0.0944. The SMILES string of the molecule is COc1ccc(C(OC[C@H]2O[C@@H](n3ccc(NC(=O)Nc4ccccc4)nc3=O)C[C@@H]2O)(c2ccccc2)c2ccc(OC)cc2)cc1. The first-order valence-electron chi connectivity index (χ1n) is 15.4. The molecule has 0 saturated carbocycles. The van der Waals surface area contributed by atoms with E-state index in [0.717, 1.165) is 16.7 Å². The van der Waals surface area contributed by atoms with Gasteiger partial charge in [0, 0.05) is 18.3 Å². The molecule has 1 aliphatic rings. The van der Waals surface area contributed by atoms with Gasteiger partial charge in [0.25, 0.3) is 0 Å². The molecular weight excluding hydrogens is 612 g/mol. The summed E-state index contributed by atoms with van der Waals surface area (Å²) in [4.78, 5) is 29.4. The number of aliphatic hydroxyl groups is 1. The molecule has 3 N–H and O–H groups in total. The fourth-order valence-electron chi connectivity index (χ4n) is 5.82. The predicted octanol–water partition coefficient (Wildman–Crippen LogP) is 5.56. The van der Waals surface area contributed by atoms with Crippen LogP contribution in [0, 0.1) is 0 Å². The molecule has 1 fully saturated rings. The van der Waals surface area contributed by atoms with Crippen LogP contribution >= 0.6 is 0 Å². The van der Waals surface area contributed by atoms with Crippen LogP contribution in [0.1, 0.15) is 29.3 Å². The highest BCUT2D eigenvalue weighted by atomic mass is 16.6. The van der Waals surface area contributed by atoms with Crippen molar-refractivity contribution in [2.45, 2.75) is 30.5 Å². The number of carbonyl (C=O) groups is 1. The molecule has 0 unspecified atom stereocenters. The van der Waals surface area contributed by atoms with Gasteiger partial charge in [-0.3, -0.25) is 9.88 Å². The minimum atomic E-state index is -1.10. The van der Waals surface area contributed by atoms with Crippen LogP contribution in [-0.4, -0.2) is 53.7 Å². The van der Waals surface area contributed by atoms with Crippen molar-refractivity contribution in [2.75, 3.05) is 31.5 Å². The van der Waals surface area contributed by atoms with Gasteiger partial charge in [0.15, 0.2) is 0 Å². The molecule has 5 aromatic rings. The number of nitrogens with one attached hydrogen (secondary N) is 2. The summed E-state index contributed by atoms with van der Waals surface area (Å²) in [7, 11) is 3.23. The number of rotatable bonds is 11. The Hall–Kier alpha value is -5.49. The number of aliphatic hydroxyl groups excluding tert-OH is 1. The van der Waals surface area contributed by atoms with E-state index in [0.29, 0.717) is 17.2 Å². The fraction of sp³-hybridized carbons (Fsp3) is 0.216. The summed E-state index contributed by atoms with van der Waals surface area (Å²) in [6.07, 6.45) is -0.876. The lowest BCUT2D eigenvalue weighted by Gasteiger charge is -2.37. The van der Waals surface area contributed by atoms with Gasteiger partial charge in [-0.25, -0.2) is 9.59 Å². The molecule has 48 heavy (non-hydrogen) atoms. The highest BCUT2D eigenvalue weighted by Gasteiger charge is 2.42. The van der Waals surface area contributed by atoms with Gasteiger partial charge < -0.3 is 29.4 Å². The Morgan fingerprint density at radius 2 is 1.40 bits per heavy atom. The second-order valence-corrected chi connectivity index (χ2v) is 11.2. The molecule has 6 rings (SSSR count). The molecule has 1 aromatic heterocycles. The van der Waals surface area contributed by atoms with Crippen molar-refractivity contribution in [2.24, 2.45) is 0 Å². The molecular formula is C37H36N4O7. The van der Waals surface area contributed by atoms with Gasteiger partial charge in [-0.1, -0.05) is 72.8 Å². The summed E-state index contributed by atoms with van der Waals surface area (Å²) in [6.45, 7) is -0.00784.